The molecule has 22 heavy (non-hydrogen) atoms. The molecule has 0 aromatic heterocycles. The molecule has 1 heterocycles. The molecule has 108 valence electrons. The molecule has 0 unspecified atom stereocenters. The van der Waals surface area contributed by atoms with E-state index in [0.29, 0.717) is 26.2 Å². The van der Waals surface area contributed by atoms with Crippen LogP contribution in [0.2, 0.25) is 0 Å². The molecule has 2 aromatic carbocycles. The topological polar surface area (TPSA) is 6.48 Å². The summed E-state index contributed by atoms with van der Waals surface area (Å²) in [6.07, 6.45) is 0. The standard InChI is InChI=1S/C20H18N2/c1-3-11-19(12-4-1)21-15-7-9-17-22(18-10-8-16-21)20-13-5-2-6-14-20/h1-6,11-14H,15-18H2. The van der Waals surface area contributed by atoms with Crippen molar-refractivity contribution in [3.05, 3.63) is 60.7 Å². The highest BCUT2D eigenvalue weighted by Crippen LogP contribution is 2.13. The number of anilines is 2. The molecule has 0 saturated carbocycles. The molecule has 3 rings (SSSR count). The van der Waals surface area contributed by atoms with Crippen molar-refractivity contribution < 1.29 is 0 Å². The minimum Gasteiger partial charge on any atom is -0.349 e. The van der Waals surface area contributed by atoms with E-state index in [9.17, 15) is 0 Å². The van der Waals surface area contributed by atoms with E-state index in [1.54, 1.807) is 0 Å². The predicted octanol–water partition coefficient (Wildman–Crippen LogP) is 3.02. The molecule has 2 heteroatoms. The number of hydrogen-bond acceptors (Lipinski definition) is 2. The highest BCUT2D eigenvalue weighted by Gasteiger charge is 2.05. The third kappa shape index (κ3) is 3.62. The van der Waals surface area contributed by atoms with Crippen LogP contribution in [-0.2, 0) is 0 Å². The first kappa shape index (κ1) is 14.1. The average molecular weight is 286 g/mol. The van der Waals surface area contributed by atoms with Gasteiger partial charge in [0.05, 0.1) is 26.2 Å². The Morgan fingerprint density at radius 3 is 1.14 bits per heavy atom. The minimum absolute atomic E-state index is 0.710. The van der Waals surface area contributed by atoms with Gasteiger partial charge in [-0.2, -0.15) is 0 Å². The average Bonchev–Trinajstić information content (AvgIpc) is 2.60. The summed E-state index contributed by atoms with van der Waals surface area (Å²) < 4.78 is 0. The Bertz CT molecular complexity index is 629. The summed E-state index contributed by atoms with van der Waals surface area (Å²) in [6, 6.07) is 20.7. The number of nitrogens with zero attached hydrogens (tertiary/aromatic N) is 2. The molecule has 1 aliphatic heterocycles. The quantitative estimate of drug-likeness (QED) is 0.783. The fraction of sp³-hybridized carbons (Fsp3) is 0.200. The van der Waals surface area contributed by atoms with Crippen LogP contribution in [0.25, 0.3) is 0 Å². The highest BCUT2D eigenvalue weighted by molar-refractivity contribution is 5.51. The lowest BCUT2D eigenvalue weighted by atomic mass is 10.2. The Balaban J connectivity index is 1.74. The summed E-state index contributed by atoms with van der Waals surface area (Å²) in [4.78, 5) is 4.41. The van der Waals surface area contributed by atoms with Crippen LogP contribution in [0, 0.1) is 23.7 Å². The summed E-state index contributed by atoms with van der Waals surface area (Å²) in [5, 5.41) is 0. The van der Waals surface area contributed by atoms with Crippen molar-refractivity contribution >= 4 is 11.4 Å². The van der Waals surface area contributed by atoms with Crippen molar-refractivity contribution in [2.24, 2.45) is 0 Å². The van der Waals surface area contributed by atoms with Crippen LogP contribution in [-0.4, -0.2) is 26.2 Å². The third-order valence-electron chi connectivity index (χ3n) is 3.57. The van der Waals surface area contributed by atoms with Gasteiger partial charge >= 0.3 is 0 Å². The Morgan fingerprint density at radius 1 is 0.500 bits per heavy atom. The molecule has 1 aliphatic rings. The second kappa shape index (κ2) is 7.25. The lowest BCUT2D eigenvalue weighted by Crippen LogP contribution is -2.27. The van der Waals surface area contributed by atoms with Crippen molar-refractivity contribution in [2.75, 3.05) is 36.0 Å². The van der Waals surface area contributed by atoms with Crippen LogP contribution in [0.1, 0.15) is 0 Å². The lowest BCUT2D eigenvalue weighted by molar-refractivity contribution is 0.956. The number of rotatable bonds is 2. The van der Waals surface area contributed by atoms with Gasteiger partial charge in [-0.3, -0.25) is 0 Å². The second-order valence-corrected chi connectivity index (χ2v) is 5.09. The zero-order valence-corrected chi connectivity index (χ0v) is 12.5. The van der Waals surface area contributed by atoms with Gasteiger partial charge in [0.15, 0.2) is 0 Å². The maximum Gasteiger partial charge on any atom is 0.0804 e. The minimum atomic E-state index is 0.710. The molecule has 0 N–H and O–H groups in total. The van der Waals surface area contributed by atoms with E-state index < -0.39 is 0 Å². The normalized spacial score (nSPS) is 14.4. The van der Waals surface area contributed by atoms with E-state index in [1.165, 1.54) is 11.4 Å². The van der Waals surface area contributed by atoms with E-state index >= 15 is 0 Å². The number of hydrogen-bond donors (Lipinski definition) is 0. The van der Waals surface area contributed by atoms with Crippen molar-refractivity contribution in [2.45, 2.75) is 0 Å². The summed E-state index contributed by atoms with van der Waals surface area (Å²) in [6.45, 7) is 2.84. The van der Waals surface area contributed by atoms with E-state index in [2.05, 4.69) is 57.7 Å². The second-order valence-electron chi connectivity index (χ2n) is 5.09. The summed E-state index contributed by atoms with van der Waals surface area (Å²) in [7, 11) is 0. The zero-order chi connectivity index (χ0) is 15.0. The van der Waals surface area contributed by atoms with E-state index in [4.69, 9.17) is 0 Å². The molecule has 2 nitrogen and oxygen atoms in total. The molecule has 0 fully saturated rings. The summed E-state index contributed by atoms with van der Waals surface area (Å²) in [5.41, 5.74) is 2.35. The SMILES string of the molecule is C1#CCN(c2ccccc2)CC#CCN(c2ccccc2)C1. The third-order valence-corrected chi connectivity index (χ3v) is 3.57. The van der Waals surface area contributed by atoms with Crippen LogP contribution in [0.4, 0.5) is 11.4 Å². The molecule has 0 aliphatic carbocycles. The van der Waals surface area contributed by atoms with Gasteiger partial charge in [0, 0.05) is 11.4 Å². The van der Waals surface area contributed by atoms with Crippen LogP contribution < -0.4 is 9.80 Å². The van der Waals surface area contributed by atoms with Gasteiger partial charge in [0.2, 0.25) is 0 Å². The van der Waals surface area contributed by atoms with Gasteiger partial charge in [-0.05, 0) is 24.3 Å². The van der Waals surface area contributed by atoms with E-state index in [-0.39, 0.29) is 0 Å². The molecule has 2 aromatic rings. The van der Waals surface area contributed by atoms with Crippen LogP contribution in [0.15, 0.2) is 60.7 Å². The van der Waals surface area contributed by atoms with Gasteiger partial charge in [-0.15, -0.1) is 0 Å². The first-order valence-electron chi connectivity index (χ1n) is 7.45. The summed E-state index contributed by atoms with van der Waals surface area (Å²) >= 11 is 0. The smallest absolute Gasteiger partial charge is 0.0804 e. The molecular weight excluding hydrogens is 268 g/mol. The fourth-order valence-electron chi connectivity index (χ4n) is 2.36. The zero-order valence-electron chi connectivity index (χ0n) is 12.5. The summed E-state index contributed by atoms with van der Waals surface area (Å²) in [5.74, 6) is 13.1. The molecule has 0 spiro atoms. The largest absolute Gasteiger partial charge is 0.349 e. The van der Waals surface area contributed by atoms with Crippen molar-refractivity contribution in [1.82, 2.24) is 0 Å². The Labute approximate surface area is 132 Å². The van der Waals surface area contributed by atoms with Gasteiger partial charge in [-0.25, -0.2) is 0 Å². The van der Waals surface area contributed by atoms with Crippen LogP contribution >= 0.6 is 0 Å². The Kier molecular flexibility index (Phi) is 4.65. The van der Waals surface area contributed by atoms with Gasteiger partial charge in [0.1, 0.15) is 0 Å². The number of para-hydroxylation sites is 2. The lowest BCUT2D eigenvalue weighted by Gasteiger charge is -2.22. The fourth-order valence-corrected chi connectivity index (χ4v) is 2.36. The monoisotopic (exact) mass is 286 g/mol. The molecule has 0 amide bonds. The Morgan fingerprint density at radius 2 is 0.818 bits per heavy atom. The maximum absolute atomic E-state index is 3.27. The first-order chi connectivity index (χ1) is 10.9. The highest BCUT2D eigenvalue weighted by atomic mass is 15.1. The molecular formula is C20H18N2. The maximum atomic E-state index is 3.27. The molecule has 0 atom stereocenters. The van der Waals surface area contributed by atoms with E-state index in [1.807, 2.05) is 36.4 Å². The predicted molar refractivity (Wildman–Crippen MR) is 92.9 cm³/mol. The van der Waals surface area contributed by atoms with Gasteiger partial charge in [-0.1, -0.05) is 60.1 Å². The van der Waals surface area contributed by atoms with Crippen LogP contribution in [0.5, 0.6) is 0 Å². The molecule has 0 radical (unpaired) electrons. The number of benzene rings is 2. The van der Waals surface area contributed by atoms with Crippen molar-refractivity contribution in [3.8, 4) is 23.7 Å². The molecule has 0 saturated heterocycles. The Hall–Kier alpha value is -2.84. The molecule has 0 bridgehead atoms. The van der Waals surface area contributed by atoms with E-state index in [0.717, 1.165) is 0 Å². The van der Waals surface area contributed by atoms with Gasteiger partial charge in [0.25, 0.3) is 0 Å². The van der Waals surface area contributed by atoms with Crippen molar-refractivity contribution in [1.29, 1.82) is 0 Å². The van der Waals surface area contributed by atoms with Crippen LogP contribution in [0.3, 0.4) is 0 Å². The van der Waals surface area contributed by atoms with Gasteiger partial charge < -0.3 is 9.80 Å². The van der Waals surface area contributed by atoms with Crippen molar-refractivity contribution in [3.63, 3.8) is 0 Å². The first-order valence-corrected chi connectivity index (χ1v) is 7.45.